The largest absolute Gasteiger partial charge is 0.467 e. The second-order valence-electron chi connectivity index (χ2n) is 4.65. The molecule has 1 aromatic carbocycles. The lowest BCUT2D eigenvalue weighted by Gasteiger charge is -2.30. The highest BCUT2D eigenvalue weighted by molar-refractivity contribution is 7.91. The lowest BCUT2D eigenvalue weighted by Crippen LogP contribution is -2.36. The van der Waals surface area contributed by atoms with Crippen LogP contribution in [-0.4, -0.2) is 20.7 Å². The maximum atomic E-state index is 14.0. The zero-order valence-electron chi connectivity index (χ0n) is 10.6. The summed E-state index contributed by atoms with van der Waals surface area (Å²) in [7, 11) is -4.06. The molecule has 0 saturated carbocycles. The van der Waals surface area contributed by atoms with Gasteiger partial charge in [-0.1, -0.05) is 0 Å². The normalized spacial score (nSPS) is 16.8. The molecule has 1 aliphatic rings. The smallest absolute Gasteiger partial charge is 0.185 e. The Kier molecular flexibility index (Phi) is 3.20. The number of halogens is 3. The van der Waals surface area contributed by atoms with Crippen molar-refractivity contribution in [2.45, 2.75) is 11.4 Å². The molecule has 0 saturated heterocycles. The molecule has 0 amide bonds. The van der Waals surface area contributed by atoms with Gasteiger partial charge >= 0.3 is 0 Å². The van der Waals surface area contributed by atoms with Gasteiger partial charge < -0.3 is 9.32 Å². The summed E-state index contributed by atoms with van der Waals surface area (Å²) in [6.07, 6.45) is 1.42. The number of nitrogens with zero attached hydrogens (tertiary/aromatic N) is 1. The SMILES string of the molecule is O=S1(=O)CCN(Cc2ccco2)c2c(F)cc(F)c(F)c21. The Bertz CT molecular complexity index is 787. The van der Waals surface area contributed by atoms with E-state index in [0.29, 0.717) is 11.8 Å². The van der Waals surface area contributed by atoms with Crippen LogP contribution in [0.1, 0.15) is 5.76 Å². The fraction of sp³-hybridized carbons (Fsp3) is 0.231. The first-order chi connectivity index (χ1) is 9.90. The molecule has 0 radical (unpaired) electrons. The van der Waals surface area contributed by atoms with Crippen LogP contribution in [0.3, 0.4) is 0 Å². The standard InChI is InChI=1S/C13H10F3NO3S/c14-9-6-10(15)12-13(11(9)16)21(18,19)5-3-17(12)7-8-2-1-4-20-8/h1-2,4,6H,3,5,7H2. The maximum absolute atomic E-state index is 14.0. The summed E-state index contributed by atoms with van der Waals surface area (Å²) >= 11 is 0. The van der Waals surface area contributed by atoms with Gasteiger partial charge in [0, 0.05) is 12.6 Å². The minimum Gasteiger partial charge on any atom is -0.467 e. The summed E-state index contributed by atoms with van der Waals surface area (Å²) in [5.41, 5.74) is -0.448. The fourth-order valence-electron chi connectivity index (χ4n) is 2.34. The van der Waals surface area contributed by atoms with Crippen molar-refractivity contribution in [3.8, 4) is 0 Å². The van der Waals surface area contributed by atoms with E-state index in [9.17, 15) is 21.6 Å². The summed E-state index contributed by atoms with van der Waals surface area (Å²) in [4.78, 5) is 0.408. The number of fused-ring (bicyclic) bond motifs is 1. The van der Waals surface area contributed by atoms with Crippen LogP contribution in [-0.2, 0) is 16.4 Å². The number of rotatable bonds is 2. The topological polar surface area (TPSA) is 50.5 Å². The zero-order valence-corrected chi connectivity index (χ0v) is 11.5. The van der Waals surface area contributed by atoms with Gasteiger partial charge in [0.25, 0.3) is 0 Å². The van der Waals surface area contributed by atoms with Gasteiger partial charge in [-0.3, -0.25) is 0 Å². The number of hydrogen-bond donors (Lipinski definition) is 0. The van der Waals surface area contributed by atoms with Gasteiger partial charge in [0.2, 0.25) is 0 Å². The van der Waals surface area contributed by atoms with Crippen LogP contribution in [0.5, 0.6) is 0 Å². The predicted molar refractivity (Wildman–Crippen MR) is 68.1 cm³/mol. The minimum atomic E-state index is -4.06. The van der Waals surface area contributed by atoms with Gasteiger partial charge in [-0.25, -0.2) is 21.6 Å². The number of benzene rings is 1. The monoisotopic (exact) mass is 317 g/mol. The van der Waals surface area contributed by atoms with Crippen LogP contribution in [0.4, 0.5) is 18.9 Å². The van der Waals surface area contributed by atoms with E-state index in [-0.39, 0.29) is 13.1 Å². The van der Waals surface area contributed by atoms with Crippen molar-refractivity contribution in [2.75, 3.05) is 17.2 Å². The predicted octanol–water partition coefficient (Wildman–Crippen LogP) is 2.49. The first-order valence-corrected chi connectivity index (χ1v) is 7.73. The lowest BCUT2D eigenvalue weighted by molar-refractivity contribution is 0.461. The van der Waals surface area contributed by atoms with Crippen molar-refractivity contribution in [3.05, 3.63) is 47.7 Å². The van der Waals surface area contributed by atoms with Crippen LogP contribution in [0.25, 0.3) is 0 Å². The second-order valence-corrected chi connectivity index (χ2v) is 6.70. The highest BCUT2D eigenvalue weighted by Crippen LogP contribution is 2.37. The van der Waals surface area contributed by atoms with Crippen molar-refractivity contribution in [1.29, 1.82) is 0 Å². The van der Waals surface area contributed by atoms with E-state index in [4.69, 9.17) is 4.42 Å². The van der Waals surface area contributed by atoms with E-state index in [1.54, 1.807) is 12.1 Å². The van der Waals surface area contributed by atoms with E-state index in [1.807, 2.05) is 0 Å². The van der Waals surface area contributed by atoms with Crippen LogP contribution < -0.4 is 4.90 Å². The molecule has 0 unspecified atom stereocenters. The van der Waals surface area contributed by atoms with Gasteiger partial charge in [-0.2, -0.15) is 0 Å². The lowest BCUT2D eigenvalue weighted by atomic mass is 10.2. The van der Waals surface area contributed by atoms with Crippen molar-refractivity contribution in [3.63, 3.8) is 0 Å². The van der Waals surface area contributed by atoms with E-state index >= 15 is 0 Å². The molecular formula is C13H10F3NO3S. The minimum absolute atomic E-state index is 0.0297. The molecular weight excluding hydrogens is 307 g/mol. The summed E-state index contributed by atoms with van der Waals surface area (Å²) < 4.78 is 70.1. The molecule has 112 valence electrons. The third-order valence-electron chi connectivity index (χ3n) is 3.29. The Labute approximate surface area is 118 Å². The molecule has 0 fully saturated rings. The van der Waals surface area contributed by atoms with Crippen LogP contribution in [0, 0.1) is 17.5 Å². The van der Waals surface area contributed by atoms with Crippen LogP contribution in [0.15, 0.2) is 33.8 Å². The molecule has 0 spiro atoms. The van der Waals surface area contributed by atoms with E-state index in [0.717, 1.165) is 0 Å². The third-order valence-corrected chi connectivity index (χ3v) is 5.00. The fourth-order valence-corrected chi connectivity index (χ4v) is 3.89. The number of sulfone groups is 1. The van der Waals surface area contributed by atoms with Gasteiger partial charge in [0.15, 0.2) is 27.3 Å². The van der Waals surface area contributed by atoms with Crippen molar-refractivity contribution in [2.24, 2.45) is 0 Å². The summed E-state index contributed by atoms with van der Waals surface area (Å²) in [6, 6.07) is 3.60. The Morgan fingerprint density at radius 1 is 1.24 bits per heavy atom. The summed E-state index contributed by atoms with van der Waals surface area (Å²) in [6.45, 7) is 0.0372. The average molecular weight is 317 g/mol. The Hall–Kier alpha value is -1.96. The molecule has 0 aliphatic carbocycles. The molecule has 8 heteroatoms. The molecule has 0 bridgehead atoms. The van der Waals surface area contributed by atoms with E-state index in [1.165, 1.54) is 11.2 Å². The molecule has 1 aliphatic heterocycles. The molecule has 21 heavy (non-hydrogen) atoms. The van der Waals surface area contributed by atoms with E-state index in [2.05, 4.69) is 0 Å². The van der Waals surface area contributed by atoms with Gasteiger partial charge in [0.1, 0.15) is 10.7 Å². The number of anilines is 1. The molecule has 2 aromatic rings. The second kappa shape index (κ2) is 4.80. The van der Waals surface area contributed by atoms with Crippen LogP contribution >= 0.6 is 0 Å². The number of furan rings is 1. The van der Waals surface area contributed by atoms with Gasteiger partial charge in [0.05, 0.1) is 24.2 Å². The highest BCUT2D eigenvalue weighted by atomic mass is 32.2. The molecule has 2 heterocycles. The Balaban J connectivity index is 2.16. The molecule has 0 N–H and O–H groups in total. The van der Waals surface area contributed by atoms with Gasteiger partial charge in [-0.05, 0) is 12.1 Å². The quantitative estimate of drug-likeness (QED) is 0.799. The Morgan fingerprint density at radius 3 is 2.67 bits per heavy atom. The zero-order chi connectivity index (χ0) is 15.2. The maximum Gasteiger partial charge on any atom is 0.185 e. The molecule has 4 nitrogen and oxygen atoms in total. The molecule has 3 rings (SSSR count). The highest BCUT2D eigenvalue weighted by Gasteiger charge is 2.36. The van der Waals surface area contributed by atoms with Gasteiger partial charge in [-0.15, -0.1) is 0 Å². The van der Waals surface area contributed by atoms with Crippen LogP contribution in [0.2, 0.25) is 0 Å². The first kappa shape index (κ1) is 14.0. The summed E-state index contributed by atoms with van der Waals surface area (Å²) in [5, 5.41) is 0. The molecule has 0 atom stereocenters. The first-order valence-electron chi connectivity index (χ1n) is 6.08. The average Bonchev–Trinajstić information content (AvgIpc) is 2.90. The van der Waals surface area contributed by atoms with E-state index < -0.39 is 43.6 Å². The van der Waals surface area contributed by atoms with Crippen molar-refractivity contribution < 1.29 is 26.0 Å². The third kappa shape index (κ3) is 2.29. The summed E-state index contributed by atoms with van der Waals surface area (Å²) in [5.74, 6) is -4.13. The number of hydrogen-bond acceptors (Lipinski definition) is 4. The molecule has 1 aromatic heterocycles. The Morgan fingerprint density at radius 2 is 2.00 bits per heavy atom. The van der Waals surface area contributed by atoms with Crippen molar-refractivity contribution >= 4 is 15.5 Å². The van der Waals surface area contributed by atoms with Crippen molar-refractivity contribution in [1.82, 2.24) is 0 Å².